The molecule has 1 atom stereocenters. The number of rotatable bonds is 3. The van der Waals surface area contributed by atoms with Crippen molar-refractivity contribution in [3.05, 3.63) is 0 Å². The first-order chi connectivity index (χ1) is 6.14. The van der Waals surface area contributed by atoms with Crippen LogP contribution in [-0.2, 0) is 9.53 Å². The molecule has 0 aliphatic carbocycles. The van der Waals surface area contributed by atoms with Crippen LogP contribution in [0.1, 0.15) is 20.8 Å². The maximum absolute atomic E-state index is 12.2. The largest absolute Gasteiger partial charge is 0.466 e. The average Bonchev–Trinajstić information content (AvgIpc) is 2.01. The Morgan fingerprint density at radius 3 is 2.14 bits per heavy atom. The summed E-state index contributed by atoms with van der Waals surface area (Å²) in [5, 5.41) is 0. The predicted molar refractivity (Wildman–Crippen MR) is 44.4 cm³/mol. The quantitative estimate of drug-likeness (QED) is 0.722. The van der Waals surface area contributed by atoms with E-state index in [9.17, 15) is 18.0 Å². The van der Waals surface area contributed by atoms with Gasteiger partial charge in [0.15, 0.2) is 0 Å². The number of nitrogens with two attached hydrogens (primary N) is 1. The first-order valence-electron chi connectivity index (χ1n) is 4.13. The van der Waals surface area contributed by atoms with Gasteiger partial charge in [0, 0.05) is 0 Å². The fourth-order valence-corrected chi connectivity index (χ4v) is 0.853. The topological polar surface area (TPSA) is 52.3 Å². The van der Waals surface area contributed by atoms with Gasteiger partial charge in [-0.15, -0.1) is 0 Å². The Kier molecular flexibility index (Phi) is 3.93. The summed E-state index contributed by atoms with van der Waals surface area (Å²) in [7, 11) is 0. The van der Waals surface area contributed by atoms with Crippen LogP contribution in [0.5, 0.6) is 0 Å². The molecule has 0 radical (unpaired) electrons. The van der Waals surface area contributed by atoms with Crippen molar-refractivity contribution in [3.63, 3.8) is 0 Å². The Labute approximate surface area is 80.4 Å². The summed E-state index contributed by atoms with van der Waals surface area (Å²) in [6.45, 7) is 3.78. The Balaban J connectivity index is 4.69. The number of alkyl halides is 3. The van der Waals surface area contributed by atoms with Crippen LogP contribution < -0.4 is 5.73 Å². The van der Waals surface area contributed by atoms with Crippen molar-refractivity contribution < 1.29 is 22.7 Å². The normalized spacial score (nSPS) is 15.1. The molecule has 2 N–H and O–H groups in total. The van der Waals surface area contributed by atoms with E-state index >= 15 is 0 Å². The Morgan fingerprint density at radius 2 is 1.86 bits per heavy atom. The summed E-state index contributed by atoms with van der Waals surface area (Å²) >= 11 is 0. The summed E-state index contributed by atoms with van der Waals surface area (Å²) < 4.78 is 41.1. The van der Waals surface area contributed by atoms with E-state index in [0.717, 1.165) is 13.8 Å². The van der Waals surface area contributed by atoms with Crippen LogP contribution in [0.25, 0.3) is 0 Å². The summed E-state index contributed by atoms with van der Waals surface area (Å²) in [6, 6.07) is -2.21. The molecule has 0 heterocycles. The first kappa shape index (κ1) is 13.2. The second-order valence-corrected chi connectivity index (χ2v) is 3.46. The molecule has 14 heavy (non-hydrogen) atoms. The molecule has 0 fully saturated rings. The number of halogens is 3. The van der Waals surface area contributed by atoms with Crippen molar-refractivity contribution in [2.24, 2.45) is 11.1 Å². The third-order valence-electron chi connectivity index (χ3n) is 1.93. The second kappa shape index (κ2) is 4.16. The van der Waals surface area contributed by atoms with Crippen molar-refractivity contribution in [2.45, 2.75) is 33.0 Å². The number of hydrogen-bond donors (Lipinski definition) is 1. The lowest BCUT2D eigenvalue weighted by atomic mass is 9.84. The van der Waals surface area contributed by atoms with Gasteiger partial charge < -0.3 is 10.5 Å². The molecule has 0 aliphatic heterocycles. The number of hydrogen-bond acceptors (Lipinski definition) is 3. The van der Waals surface area contributed by atoms with E-state index in [1.54, 1.807) is 0 Å². The minimum absolute atomic E-state index is 0.0346. The van der Waals surface area contributed by atoms with E-state index < -0.39 is 23.6 Å². The number of carbonyl (C=O) groups excluding carboxylic acids is 1. The molecular formula is C8H14F3NO2. The highest BCUT2D eigenvalue weighted by Gasteiger charge is 2.51. The van der Waals surface area contributed by atoms with Crippen LogP contribution in [-0.4, -0.2) is 24.8 Å². The lowest BCUT2D eigenvalue weighted by molar-refractivity contribution is -0.188. The van der Waals surface area contributed by atoms with Crippen molar-refractivity contribution >= 4 is 5.97 Å². The summed E-state index contributed by atoms with van der Waals surface area (Å²) in [4.78, 5) is 11.2. The van der Waals surface area contributed by atoms with Gasteiger partial charge in [0.05, 0.1) is 12.0 Å². The Bertz CT molecular complexity index is 213. The molecule has 0 rings (SSSR count). The summed E-state index contributed by atoms with van der Waals surface area (Å²) in [5.41, 5.74) is 3.18. The standard InChI is InChI=1S/C8H14F3NO2/c1-4-14-6(13)7(2,3)5(12)8(9,10)11/h5H,4,12H2,1-3H3/t5-/m0/s1. The monoisotopic (exact) mass is 213 g/mol. The van der Waals surface area contributed by atoms with Gasteiger partial charge in [0.2, 0.25) is 0 Å². The van der Waals surface area contributed by atoms with Crippen LogP contribution >= 0.6 is 0 Å². The molecule has 0 unspecified atom stereocenters. The number of carbonyl (C=O) groups is 1. The Hall–Kier alpha value is -0.780. The molecule has 0 aromatic heterocycles. The number of esters is 1. The minimum Gasteiger partial charge on any atom is -0.466 e. The molecular weight excluding hydrogens is 199 g/mol. The van der Waals surface area contributed by atoms with Crippen molar-refractivity contribution in [2.75, 3.05) is 6.61 Å². The maximum Gasteiger partial charge on any atom is 0.404 e. The molecule has 0 aromatic rings. The average molecular weight is 213 g/mol. The molecule has 0 saturated carbocycles. The first-order valence-corrected chi connectivity index (χ1v) is 4.13. The van der Waals surface area contributed by atoms with Crippen LogP contribution in [0.2, 0.25) is 0 Å². The second-order valence-electron chi connectivity index (χ2n) is 3.46. The third-order valence-corrected chi connectivity index (χ3v) is 1.93. The van der Waals surface area contributed by atoms with Crippen molar-refractivity contribution in [1.82, 2.24) is 0 Å². The van der Waals surface area contributed by atoms with E-state index in [1.165, 1.54) is 6.92 Å². The molecule has 6 heteroatoms. The zero-order chi connectivity index (χ0) is 11.6. The van der Waals surface area contributed by atoms with Gasteiger partial charge in [-0.1, -0.05) is 0 Å². The molecule has 0 aromatic carbocycles. The van der Waals surface area contributed by atoms with Crippen LogP contribution in [0.15, 0.2) is 0 Å². The highest BCUT2D eigenvalue weighted by atomic mass is 19.4. The lowest BCUT2D eigenvalue weighted by Crippen LogP contribution is -2.53. The minimum atomic E-state index is -4.60. The summed E-state index contributed by atoms with van der Waals surface area (Å²) in [6.07, 6.45) is -4.60. The maximum atomic E-state index is 12.2. The highest BCUT2D eigenvalue weighted by molar-refractivity contribution is 5.77. The smallest absolute Gasteiger partial charge is 0.404 e. The predicted octanol–water partition coefficient (Wildman–Crippen LogP) is 1.47. The van der Waals surface area contributed by atoms with E-state index in [-0.39, 0.29) is 6.61 Å². The number of ether oxygens (including phenoxy) is 1. The van der Waals surface area contributed by atoms with Gasteiger partial charge in [0.25, 0.3) is 0 Å². The van der Waals surface area contributed by atoms with Gasteiger partial charge in [-0.05, 0) is 20.8 Å². The van der Waals surface area contributed by atoms with Gasteiger partial charge in [-0.25, -0.2) is 0 Å². The molecule has 0 spiro atoms. The third kappa shape index (κ3) is 2.87. The fourth-order valence-electron chi connectivity index (χ4n) is 0.853. The van der Waals surface area contributed by atoms with Gasteiger partial charge >= 0.3 is 12.1 Å². The molecule has 84 valence electrons. The molecule has 3 nitrogen and oxygen atoms in total. The van der Waals surface area contributed by atoms with Crippen LogP contribution in [0.3, 0.4) is 0 Å². The highest BCUT2D eigenvalue weighted by Crippen LogP contribution is 2.32. The van der Waals surface area contributed by atoms with E-state index in [1.807, 2.05) is 0 Å². The molecule has 0 bridgehead atoms. The SMILES string of the molecule is CCOC(=O)C(C)(C)[C@H](N)C(F)(F)F. The van der Waals surface area contributed by atoms with Gasteiger partial charge in [0.1, 0.15) is 6.04 Å². The van der Waals surface area contributed by atoms with Crippen LogP contribution in [0, 0.1) is 5.41 Å². The molecule has 0 saturated heterocycles. The van der Waals surface area contributed by atoms with Crippen molar-refractivity contribution in [3.8, 4) is 0 Å². The van der Waals surface area contributed by atoms with E-state index in [2.05, 4.69) is 4.74 Å². The Morgan fingerprint density at radius 1 is 1.43 bits per heavy atom. The molecule has 0 amide bonds. The summed E-state index contributed by atoms with van der Waals surface area (Å²) in [5.74, 6) is -0.940. The lowest BCUT2D eigenvalue weighted by Gasteiger charge is -2.30. The fraction of sp³-hybridized carbons (Fsp3) is 0.875. The van der Waals surface area contributed by atoms with Gasteiger partial charge in [-0.2, -0.15) is 13.2 Å². The molecule has 0 aliphatic rings. The van der Waals surface area contributed by atoms with Gasteiger partial charge in [-0.3, -0.25) is 4.79 Å². The van der Waals surface area contributed by atoms with Crippen LogP contribution in [0.4, 0.5) is 13.2 Å². The van der Waals surface area contributed by atoms with E-state index in [0.29, 0.717) is 0 Å². The zero-order valence-corrected chi connectivity index (χ0v) is 8.31. The van der Waals surface area contributed by atoms with Crippen molar-refractivity contribution in [1.29, 1.82) is 0 Å². The van der Waals surface area contributed by atoms with E-state index in [4.69, 9.17) is 5.73 Å². The zero-order valence-electron chi connectivity index (χ0n) is 8.31.